The van der Waals surface area contributed by atoms with Gasteiger partial charge < -0.3 is 4.74 Å². The number of carbonyl (C=O) groups is 1. The van der Waals surface area contributed by atoms with Crippen molar-refractivity contribution in [1.82, 2.24) is 0 Å². The van der Waals surface area contributed by atoms with Crippen molar-refractivity contribution >= 4 is 5.97 Å². The Bertz CT molecular complexity index is 871. The van der Waals surface area contributed by atoms with Gasteiger partial charge in [0, 0.05) is 0 Å². The van der Waals surface area contributed by atoms with Gasteiger partial charge in [-0.15, -0.1) is 0 Å². The van der Waals surface area contributed by atoms with Gasteiger partial charge in [-0.25, -0.2) is 0 Å². The Hall–Kier alpha value is -2.60. The van der Waals surface area contributed by atoms with Gasteiger partial charge in [-0.2, -0.15) is 5.26 Å². The summed E-state index contributed by atoms with van der Waals surface area (Å²) in [7, 11) is 0. The predicted octanol–water partition coefficient (Wildman–Crippen LogP) is 6.27. The Morgan fingerprint density at radius 2 is 1.59 bits per heavy atom. The Kier molecular flexibility index (Phi) is 7.09. The number of esters is 1. The number of hydrogen-bond donors (Lipinski definition) is 0. The van der Waals surface area contributed by atoms with Gasteiger partial charge in [-0.05, 0) is 54.5 Å². The SMILES string of the molecule is CCCc1ccc(C2(C(=O)Oc3ccc(CCC)cc3C#N)CCCCC2)cc1. The van der Waals surface area contributed by atoms with Gasteiger partial charge in [0.25, 0.3) is 0 Å². The molecule has 3 heteroatoms. The van der Waals surface area contributed by atoms with Crippen LogP contribution < -0.4 is 4.74 Å². The number of hydrogen-bond acceptors (Lipinski definition) is 3. The molecule has 1 aliphatic carbocycles. The summed E-state index contributed by atoms with van der Waals surface area (Å²) >= 11 is 0. The van der Waals surface area contributed by atoms with Gasteiger partial charge >= 0.3 is 5.97 Å². The number of rotatable bonds is 7. The minimum Gasteiger partial charge on any atom is -0.424 e. The first-order valence-corrected chi connectivity index (χ1v) is 11.0. The number of aryl methyl sites for hydroxylation is 2. The first kappa shape index (κ1) is 21.1. The lowest BCUT2D eigenvalue weighted by Crippen LogP contribution is -2.41. The molecule has 0 unspecified atom stereocenters. The van der Waals surface area contributed by atoms with Gasteiger partial charge in [0.15, 0.2) is 0 Å². The van der Waals surface area contributed by atoms with Gasteiger partial charge in [0.05, 0.1) is 11.0 Å². The number of ether oxygens (including phenoxy) is 1. The standard InChI is InChI=1S/C26H31NO2/c1-3-8-20-10-13-23(14-11-20)26(16-6-5-7-17-26)25(28)29-24-15-12-21(9-4-2)18-22(24)19-27/h10-15,18H,3-9,16-17H2,1-2H3. The second-order valence-corrected chi connectivity index (χ2v) is 8.17. The number of nitrogens with zero attached hydrogens (tertiary/aromatic N) is 1. The molecule has 29 heavy (non-hydrogen) atoms. The van der Waals surface area contributed by atoms with Gasteiger partial charge in [-0.3, -0.25) is 4.79 Å². The zero-order valence-corrected chi connectivity index (χ0v) is 17.7. The first-order chi connectivity index (χ1) is 14.1. The fourth-order valence-electron chi connectivity index (χ4n) is 4.44. The van der Waals surface area contributed by atoms with E-state index < -0.39 is 5.41 Å². The van der Waals surface area contributed by atoms with E-state index in [-0.39, 0.29) is 5.97 Å². The van der Waals surface area contributed by atoms with Gasteiger partial charge in [0.2, 0.25) is 0 Å². The second kappa shape index (κ2) is 9.74. The minimum atomic E-state index is -0.613. The average molecular weight is 390 g/mol. The maximum atomic E-state index is 13.4. The van der Waals surface area contributed by atoms with Crippen molar-refractivity contribution in [2.45, 2.75) is 77.0 Å². The molecule has 1 saturated carbocycles. The van der Waals surface area contributed by atoms with Crippen LogP contribution in [0.4, 0.5) is 0 Å². The van der Waals surface area contributed by atoms with E-state index in [1.807, 2.05) is 12.1 Å². The van der Waals surface area contributed by atoms with Crippen LogP contribution in [0.3, 0.4) is 0 Å². The van der Waals surface area contributed by atoms with Crippen molar-refractivity contribution in [3.05, 3.63) is 64.7 Å². The highest BCUT2D eigenvalue weighted by Gasteiger charge is 2.43. The summed E-state index contributed by atoms with van der Waals surface area (Å²) in [5, 5.41) is 9.56. The number of carbonyl (C=O) groups excluding carboxylic acids is 1. The third-order valence-corrected chi connectivity index (χ3v) is 6.05. The lowest BCUT2D eigenvalue weighted by Gasteiger charge is -2.35. The molecule has 2 aromatic rings. The van der Waals surface area contributed by atoms with Crippen LogP contribution in [-0.2, 0) is 23.1 Å². The Morgan fingerprint density at radius 3 is 2.21 bits per heavy atom. The lowest BCUT2D eigenvalue weighted by atomic mass is 9.69. The van der Waals surface area contributed by atoms with Crippen molar-refractivity contribution in [1.29, 1.82) is 5.26 Å². The Morgan fingerprint density at radius 1 is 0.966 bits per heavy atom. The van der Waals surface area contributed by atoms with E-state index in [1.54, 1.807) is 6.07 Å². The molecule has 0 amide bonds. The summed E-state index contributed by atoms with van der Waals surface area (Å²) in [5.74, 6) is 0.157. The summed E-state index contributed by atoms with van der Waals surface area (Å²) < 4.78 is 5.88. The Labute approximate surface area is 174 Å². The molecule has 2 aromatic carbocycles. The summed E-state index contributed by atoms with van der Waals surface area (Å²) in [6, 6.07) is 16.3. The van der Waals surface area contributed by atoms with E-state index >= 15 is 0 Å². The first-order valence-electron chi connectivity index (χ1n) is 11.0. The maximum absolute atomic E-state index is 13.4. The molecule has 3 nitrogen and oxygen atoms in total. The van der Waals surface area contributed by atoms with E-state index in [2.05, 4.69) is 44.2 Å². The number of nitriles is 1. The maximum Gasteiger partial charge on any atom is 0.321 e. The monoisotopic (exact) mass is 389 g/mol. The van der Waals surface area contributed by atoms with E-state index in [0.717, 1.165) is 68.9 Å². The van der Waals surface area contributed by atoms with Crippen LogP contribution in [0.15, 0.2) is 42.5 Å². The average Bonchev–Trinajstić information content (AvgIpc) is 2.76. The fourth-order valence-corrected chi connectivity index (χ4v) is 4.44. The largest absolute Gasteiger partial charge is 0.424 e. The highest BCUT2D eigenvalue weighted by Crippen LogP contribution is 2.41. The molecule has 0 aliphatic heterocycles. The molecular weight excluding hydrogens is 358 g/mol. The van der Waals surface area contributed by atoms with E-state index in [4.69, 9.17) is 4.74 Å². The summed E-state index contributed by atoms with van der Waals surface area (Å²) in [6.07, 6.45) is 8.88. The zero-order valence-electron chi connectivity index (χ0n) is 17.7. The van der Waals surface area contributed by atoms with Crippen LogP contribution in [0.2, 0.25) is 0 Å². The molecule has 0 spiro atoms. The van der Waals surface area contributed by atoms with E-state index in [1.165, 1.54) is 5.56 Å². The topological polar surface area (TPSA) is 50.1 Å². The molecule has 0 bridgehead atoms. The normalized spacial score (nSPS) is 15.5. The van der Waals surface area contributed by atoms with Crippen molar-refractivity contribution in [3.63, 3.8) is 0 Å². The molecule has 1 aliphatic rings. The molecular formula is C26H31NO2. The van der Waals surface area contributed by atoms with Crippen molar-refractivity contribution in [2.75, 3.05) is 0 Å². The molecule has 0 atom stereocenters. The smallest absolute Gasteiger partial charge is 0.321 e. The van der Waals surface area contributed by atoms with Crippen LogP contribution in [-0.4, -0.2) is 5.97 Å². The van der Waals surface area contributed by atoms with Gasteiger partial charge in [-0.1, -0.05) is 76.3 Å². The van der Waals surface area contributed by atoms with Gasteiger partial charge in [0.1, 0.15) is 11.8 Å². The third-order valence-electron chi connectivity index (χ3n) is 6.05. The molecule has 3 rings (SSSR count). The molecule has 152 valence electrons. The van der Waals surface area contributed by atoms with Crippen LogP contribution in [0, 0.1) is 11.3 Å². The van der Waals surface area contributed by atoms with E-state index in [9.17, 15) is 10.1 Å². The summed E-state index contributed by atoms with van der Waals surface area (Å²) in [4.78, 5) is 13.4. The van der Waals surface area contributed by atoms with Crippen LogP contribution in [0.1, 0.15) is 81.0 Å². The highest BCUT2D eigenvalue weighted by atomic mass is 16.5. The van der Waals surface area contributed by atoms with Crippen LogP contribution in [0.25, 0.3) is 0 Å². The molecule has 1 fully saturated rings. The van der Waals surface area contributed by atoms with Crippen molar-refractivity contribution < 1.29 is 9.53 Å². The fraction of sp³-hybridized carbons (Fsp3) is 0.462. The molecule has 0 N–H and O–H groups in total. The van der Waals surface area contributed by atoms with Crippen LogP contribution in [0.5, 0.6) is 5.75 Å². The molecule has 0 radical (unpaired) electrons. The zero-order chi connectivity index (χ0) is 20.7. The molecule has 0 aromatic heterocycles. The summed E-state index contributed by atoms with van der Waals surface area (Å²) in [5.41, 5.74) is 3.27. The third kappa shape index (κ3) is 4.70. The second-order valence-electron chi connectivity index (χ2n) is 8.17. The van der Waals surface area contributed by atoms with Crippen molar-refractivity contribution in [2.24, 2.45) is 0 Å². The van der Waals surface area contributed by atoms with Crippen LogP contribution >= 0.6 is 0 Å². The number of benzene rings is 2. The minimum absolute atomic E-state index is 0.222. The van der Waals surface area contributed by atoms with E-state index in [0.29, 0.717) is 11.3 Å². The molecule has 0 saturated heterocycles. The lowest BCUT2D eigenvalue weighted by molar-refractivity contribution is -0.142. The summed E-state index contributed by atoms with van der Waals surface area (Å²) in [6.45, 7) is 4.28. The highest BCUT2D eigenvalue weighted by molar-refractivity contribution is 5.85. The Balaban J connectivity index is 1.89. The van der Waals surface area contributed by atoms with Crippen molar-refractivity contribution in [3.8, 4) is 11.8 Å². The molecule has 0 heterocycles. The predicted molar refractivity (Wildman–Crippen MR) is 116 cm³/mol. The quantitative estimate of drug-likeness (QED) is 0.414.